The molecule has 0 aromatic heterocycles. The van der Waals surface area contributed by atoms with Crippen molar-refractivity contribution in [1.82, 2.24) is 5.32 Å². The van der Waals surface area contributed by atoms with Gasteiger partial charge in [-0.2, -0.15) is 0 Å². The summed E-state index contributed by atoms with van der Waals surface area (Å²) in [5.41, 5.74) is 1.66. The van der Waals surface area contributed by atoms with Gasteiger partial charge in [0.05, 0.1) is 30.9 Å². The fourth-order valence-corrected chi connectivity index (χ4v) is 3.08. The maximum Gasteiger partial charge on any atom is 0.345 e. The van der Waals surface area contributed by atoms with Crippen LogP contribution in [0.2, 0.25) is 0 Å². The highest BCUT2D eigenvalue weighted by Crippen LogP contribution is 2.31. The third-order valence-electron chi connectivity index (χ3n) is 4.11. The van der Waals surface area contributed by atoms with E-state index in [0.29, 0.717) is 23.0 Å². The number of carbonyl (C=O) groups is 2. The molecule has 2 aliphatic rings. The summed E-state index contributed by atoms with van der Waals surface area (Å²) in [6, 6.07) is 7.49. The van der Waals surface area contributed by atoms with Gasteiger partial charge in [0.2, 0.25) is 0 Å². The Morgan fingerprint density at radius 2 is 2.15 bits per heavy atom. The van der Waals surface area contributed by atoms with E-state index in [9.17, 15) is 9.59 Å². The third kappa shape index (κ3) is 3.41. The molecule has 1 unspecified atom stereocenters. The number of nitrogens with zero attached hydrogens (tertiary/aromatic N) is 1. The summed E-state index contributed by atoms with van der Waals surface area (Å²) < 4.78 is 9.98. The zero-order valence-corrected chi connectivity index (χ0v) is 15.0. The van der Waals surface area contributed by atoms with E-state index in [1.54, 1.807) is 19.3 Å². The Bertz CT molecular complexity index is 883. The molecular formula is C19H17ClN2O4. The second-order valence-electron chi connectivity index (χ2n) is 5.66. The summed E-state index contributed by atoms with van der Waals surface area (Å²) in [5.74, 6) is -1.09. The molecular weight excluding hydrogens is 356 g/mol. The van der Waals surface area contributed by atoms with Crippen molar-refractivity contribution in [2.75, 3.05) is 14.2 Å². The molecule has 1 aliphatic heterocycles. The number of esters is 1. The van der Waals surface area contributed by atoms with Crippen LogP contribution in [0.3, 0.4) is 0 Å². The van der Waals surface area contributed by atoms with Gasteiger partial charge in [-0.15, -0.1) is 0 Å². The zero-order chi connectivity index (χ0) is 18.7. The first kappa shape index (κ1) is 17.9. The van der Waals surface area contributed by atoms with Crippen molar-refractivity contribution in [1.29, 1.82) is 0 Å². The van der Waals surface area contributed by atoms with Gasteiger partial charge in [-0.25, -0.2) is 9.79 Å². The molecule has 1 amide bonds. The minimum Gasteiger partial charge on any atom is -0.497 e. The number of amides is 1. The summed E-state index contributed by atoms with van der Waals surface area (Å²) in [6.07, 6.45) is 5.25. The van der Waals surface area contributed by atoms with Crippen molar-refractivity contribution in [3.63, 3.8) is 0 Å². The summed E-state index contributed by atoms with van der Waals surface area (Å²) in [6.45, 7) is 0.388. The molecule has 0 saturated heterocycles. The lowest BCUT2D eigenvalue weighted by Crippen LogP contribution is -2.36. The molecule has 0 spiro atoms. The second kappa shape index (κ2) is 7.58. The molecule has 1 aromatic carbocycles. The lowest BCUT2D eigenvalue weighted by atomic mass is 9.88. The molecule has 0 fully saturated rings. The van der Waals surface area contributed by atoms with E-state index in [1.807, 2.05) is 30.3 Å². The minimum atomic E-state index is -0.731. The first-order valence-electron chi connectivity index (χ1n) is 7.91. The minimum absolute atomic E-state index is 0.111. The van der Waals surface area contributed by atoms with Crippen LogP contribution in [0.1, 0.15) is 5.56 Å². The van der Waals surface area contributed by atoms with Crippen molar-refractivity contribution in [2.24, 2.45) is 10.9 Å². The molecule has 1 N–H and O–H groups in total. The fraction of sp³-hybridized carbons (Fsp3) is 0.211. The predicted molar refractivity (Wildman–Crippen MR) is 97.9 cm³/mol. The monoisotopic (exact) mass is 372 g/mol. The predicted octanol–water partition coefficient (Wildman–Crippen LogP) is 2.50. The number of fused-ring (bicyclic) bond motifs is 1. The maximum atomic E-state index is 12.4. The fourth-order valence-electron chi connectivity index (χ4n) is 2.85. The van der Waals surface area contributed by atoms with Gasteiger partial charge in [0.25, 0.3) is 5.91 Å². The van der Waals surface area contributed by atoms with Crippen molar-refractivity contribution < 1.29 is 19.1 Å². The van der Waals surface area contributed by atoms with Crippen LogP contribution < -0.4 is 10.1 Å². The number of carbonyl (C=O) groups excluding carboxylic acids is 2. The Balaban J connectivity index is 1.95. The molecule has 1 heterocycles. The van der Waals surface area contributed by atoms with Crippen LogP contribution in [0.4, 0.5) is 0 Å². The molecule has 0 bridgehead atoms. The van der Waals surface area contributed by atoms with Gasteiger partial charge in [0.1, 0.15) is 11.3 Å². The van der Waals surface area contributed by atoms with Crippen LogP contribution >= 0.6 is 11.6 Å². The molecule has 134 valence electrons. The number of nitrogens with one attached hydrogen (secondary N) is 1. The molecule has 1 atom stereocenters. The van der Waals surface area contributed by atoms with Gasteiger partial charge >= 0.3 is 5.97 Å². The van der Waals surface area contributed by atoms with E-state index in [2.05, 4.69) is 10.3 Å². The van der Waals surface area contributed by atoms with Crippen molar-refractivity contribution in [2.45, 2.75) is 6.54 Å². The van der Waals surface area contributed by atoms with Crippen molar-refractivity contribution in [3.05, 3.63) is 64.4 Å². The molecule has 0 radical (unpaired) electrons. The number of ether oxygens (including phenoxy) is 2. The summed E-state index contributed by atoms with van der Waals surface area (Å²) in [4.78, 5) is 28.5. The number of rotatable bonds is 5. The SMILES string of the molecule is COC(=O)C1=C(NCc2cccc(OC)c2)C2C=CC=C(Cl)C2=NC1=O. The molecule has 0 saturated carbocycles. The molecule has 1 aliphatic carbocycles. The Morgan fingerprint density at radius 1 is 1.35 bits per heavy atom. The van der Waals surface area contributed by atoms with Crippen molar-refractivity contribution >= 4 is 29.2 Å². The summed E-state index contributed by atoms with van der Waals surface area (Å²) >= 11 is 6.18. The van der Waals surface area contributed by atoms with Crippen molar-refractivity contribution in [3.8, 4) is 5.75 Å². The highest BCUT2D eigenvalue weighted by atomic mass is 35.5. The first-order valence-corrected chi connectivity index (χ1v) is 8.29. The molecule has 6 nitrogen and oxygen atoms in total. The van der Waals surface area contributed by atoms with Gasteiger partial charge in [-0.05, 0) is 23.8 Å². The summed E-state index contributed by atoms with van der Waals surface area (Å²) in [7, 11) is 2.82. The first-order chi connectivity index (χ1) is 12.5. The van der Waals surface area contributed by atoms with Gasteiger partial charge in [0.15, 0.2) is 0 Å². The van der Waals surface area contributed by atoms with Crippen LogP contribution in [0, 0.1) is 5.92 Å². The smallest absolute Gasteiger partial charge is 0.345 e. The normalized spacial score (nSPS) is 18.7. The Morgan fingerprint density at radius 3 is 2.88 bits per heavy atom. The van der Waals surface area contributed by atoms with E-state index in [0.717, 1.165) is 11.3 Å². The van der Waals surface area contributed by atoms with Crippen LogP contribution in [0.15, 0.2) is 63.8 Å². The van der Waals surface area contributed by atoms with Crippen LogP contribution in [-0.2, 0) is 20.9 Å². The van der Waals surface area contributed by atoms with Crippen LogP contribution in [0.5, 0.6) is 5.75 Å². The number of allylic oxidation sites excluding steroid dienone is 4. The lowest BCUT2D eigenvalue weighted by Gasteiger charge is -2.27. The Hall–Kier alpha value is -2.86. The molecule has 1 aromatic rings. The van der Waals surface area contributed by atoms with Crippen LogP contribution in [0.25, 0.3) is 0 Å². The average molecular weight is 373 g/mol. The third-order valence-corrected chi connectivity index (χ3v) is 4.43. The van der Waals surface area contributed by atoms with Crippen LogP contribution in [-0.4, -0.2) is 31.8 Å². The van der Waals surface area contributed by atoms with Gasteiger partial charge < -0.3 is 14.8 Å². The van der Waals surface area contributed by atoms with E-state index < -0.39 is 17.8 Å². The van der Waals surface area contributed by atoms with E-state index >= 15 is 0 Å². The number of dihydropyridines is 1. The number of hydrogen-bond acceptors (Lipinski definition) is 5. The van der Waals surface area contributed by atoms with Gasteiger partial charge in [0, 0.05) is 12.2 Å². The molecule has 26 heavy (non-hydrogen) atoms. The lowest BCUT2D eigenvalue weighted by molar-refractivity contribution is -0.137. The molecule has 3 rings (SSSR count). The largest absolute Gasteiger partial charge is 0.497 e. The van der Waals surface area contributed by atoms with Gasteiger partial charge in [-0.1, -0.05) is 35.9 Å². The number of halogens is 1. The quantitative estimate of drug-likeness (QED) is 0.634. The Kier molecular flexibility index (Phi) is 5.23. The zero-order valence-electron chi connectivity index (χ0n) is 14.3. The number of benzene rings is 1. The number of aliphatic imine (C=N–C) groups is 1. The van der Waals surface area contributed by atoms with E-state index in [1.165, 1.54) is 7.11 Å². The molecule has 7 heteroatoms. The maximum absolute atomic E-state index is 12.4. The average Bonchev–Trinajstić information content (AvgIpc) is 2.66. The number of hydrogen-bond donors (Lipinski definition) is 1. The van der Waals surface area contributed by atoms with Gasteiger partial charge in [-0.3, -0.25) is 4.79 Å². The van der Waals surface area contributed by atoms with E-state index in [4.69, 9.17) is 21.1 Å². The Labute approximate surface area is 155 Å². The number of methoxy groups -OCH3 is 2. The van der Waals surface area contributed by atoms with E-state index in [-0.39, 0.29) is 5.57 Å². The second-order valence-corrected chi connectivity index (χ2v) is 6.07. The topological polar surface area (TPSA) is 77.0 Å². The standard InChI is InChI=1S/C19H17ClN2O4/c1-25-12-6-3-5-11(9-12)10-21-17-13-7-4-8-14(20)16(13)22-18(23)15(17)19(24)26-2/h3-9,13,21H,10H2,1-2H3. The summed E-state index contributed by atoms with van der Waals surface area (Å²) in [5, 5.41) is 3.56. The highest BCUT2D eigenvalue weighted by molar-refractivity contribution is 6.46. The highest BCUT2D eigenvalue weighted by Gasteiger charge is 2.36.